The number of piperidine rings is 1. The largest absolute Gasteiger partial charge is 0.378 e. The summed E-state index contributed by atoms with van der Waals surface area (Å²) in [5.74, 6) is 0. The van der Waals surface area contributed by atoms with Crippen LogP contribution in [0.2, 0.25) is 0 Å². The standard InChI is InChI=1S/C14H25NO2/c1-2-3-5-8-14-9-6-4-7-11(14)13(17)15-12(16)10-14/h7,12-13,15-17H,2-6,8-10H2,1H3. The molecule has 0 amide bonds. The molecule has 3 atom stereocenters. The van der Waals surface area contributed by atoms with Crippen molar-refractivity contribution in [1.29, 1.82) is 0 Å². The van der Waals surface area contributed by atoms with Crippen molar-refractivity contribution in [2.24, 2.45) is 5.41 Å². The molecule has 1 fully saturated rings. The molecule has 2 rings (SSSR count). The van der Waals surface area contributed by atoms with Gasteiger partial charge in [0.15, 0.2) is 0 Å². The Morgan fingerprint density at radius 3 is 3.00 bits per heavy atom. The molecule has 3 unspecified atom stereocenters. The third-order valence-electron chi connectivity index (χ3n) is 4.32. The van der Waals surface area contributed by atoms with Crippen LogP contribution < -0.4 is 5.32 Å². The summed E-state index contributed by atoms with van der Waals surface area (Å²) in [6.45, 7) is 2.21. The van der Waals surface area contributed by atoms with E-state index < -0.39 is 12.5 Å². The van der Waals surface area contributed by atoms with Crippen LogP contribution in [0.4, 0.5) is 0 Å². The van der Waals surface area contributed by atoms with Gasteiger partial charge in [-0.25, -0.2) is 0 Å². The second-order valence-electron chi connectivity index (χ2n) is 5.58. The number of rotatable bonds is 4. The maximum atomic E-state index is 10.1. The Kier molecular flexibility index (Phi) is 4.23. The summed E-state index contributed by atoms with van der Waals surface area (Å²) < 4.78 is 0. The molecule has 1 heterocycles. The molecule has 0 aromatic carbocycles. The van der Waals surface area contributed by atoms with Crippen LogP contribution in [0.5, 0.6) is 0 Å². The van der Waals surface area contributed by atoms with Gasteiger partial charge >= 0.3 is 0 Å². The fourth-order valence-electron chi connectivity index (χ4n) is 3.47. The molecule has 98 valence electrons. The van der Waals surface area contributed by atoms with E-state index >= 15 is 0 Å². The summed E-state index contributed by atoms with van der Waals surface area (Å²) >= 11 is 0. The lowest BCUT2D eigenvalue weighted by Crippen LogP contribution is -2.52. The van der Waals surface area contributed by atoms with E-state index in [9.17, 15) is 10.2 Å². The highest BCUT2D eigenvalue weighted by Gasteiger charge is 2.43. The summed E-state index contributed by atoms with van der Waals surface area (Å²) in [5.41, 5.74) is 1.21. The molecular weight excluding hydrogens is 214 g/mol. The first kappa shape index (κ1) is 13.1. The Morgan fingerprint density at radius 2 is 2.24 bits per heavy atom. The molecule has 0 radical (unpaired) electrons. The number of hydrogen-bond acceptors (Lipinski definition) is 3. The molecule has 0 aromatic heterocycles. The average Bonchev–Trinajstić information content (AvgIpc) is 2.29. The Bertz CT molecular complexity index is 290. The predicted octanol–water partition coefficient (Wildman–Crippen LogP) is 2.29. The number of allylic oxidation sites excluding steroid dienone is 1. The summed E-state index contributed by atoms with van der Waals surface area (Å²) in [7, 11) is 0. The van der Waals surface area contributed by atoms with Gasteiger partial charge < -0.3 is 10.2 Å². The molecule has 0 saturated carbocycles. The molecule has 0 spiro atoms. The molecule has 0 aromatic rings. The normalized spacial score (nSPS) is 37.5. The summed E-state index contributed by atoms with van der Waals surface area (Å²) in [4.78, 5) is 0. The van der Waals surface area contributed by atoms with Gasteiger partial charge in [0.1, 0.15) is 12.5 Å². The summed E-state index contributed by atoms with van der Waals surface area (Å²) in [6, 6.07) is 0. The van der Waals surface area contributed by atoms with Crippen molar-refractivity contribution in [3.8, 4) is 0 Å². The fraction of sp³-hybridized carbons (Fsp3) is 0.857. The molecule has 3 N–H and O–H groups in total. The van der Waals surface area contributed by atoms with Crippen LogP contribution in [-0.4, -0.2) is 22.7 Å². The second kappa shape index (κ2) is 5.51. The summed E-state index contributed by atoms with van der Waals surface area (Å²) in [5, 5.41) is 22.7. The topological polar surface area (TPSA) is 52.5 Å². The lowest BCUT2D eigenvalue weighted by atomic mass is 9.64. The van der Waals surface area contributed by atoms with E-state index in [-0.39, 0.29) is 5.41 Å². The Morgan fingerprint density at radius 1 is 1.41 bits per heavy atom. The Labute approximate surface area is 104 Å². The molecule has 1 saturated heterocycles. The van der Waals surface area contributed by atoms with Gasteiger partial charge in [0.2, 0.25) is 0 Å². The Balaban J connectivity index is 2.12. The maximum Gasteiger partial charge on any atom is 0.129 e. The number of aliphatic hydroxyl groups excluding tert-OH is 2. The SMILES string of the molecule is CCCCCC12CCCC=C1C(O)NC(O)C2. The van der Waals surface area contributed by atoms with Crippen molar-refractivity contribution in [3.63, 3.8) is 0 Å². The molecule has 1 aliphatic heterocycles. The van der Waals surface area contributed by atoms with Crippen LogP contribution >= 0.6 is 0 Å². The third kappa shape index (κ3) is 2.72. The zero-order chi connectivity index (χ0) is 12.3. The van der Waals surface area contributed by atoms with E-state index in [2.05, 4.69) is 18.3 Å². The van der Waals surface area contributed by atoms with Gasteiger partial charge in [-0.05, 0) is 43.1 Å². The van der Waals surface area contributed by atoms with E-state index in [1.807, 2.05) is 0 Å². The van der Waals surface area contributed by atoms with Gasteiger partial charge in [-0.2, -0.15) is 0 Å². The van der Waals surface area contributed by atoms with Crippen LogP contribution in [0.3, 0.4) is 0 Å². The van der Waals surface area contributed by atoms with E-state index in [0.29, 0.717) is 0 Å². The van der Waals surface area contributed by atoms with E-state index in [1.54, 1.807) is 0 Å². The quantitative estimate of drug-likeness (QED) is 0.521. The number of fused-ring (bicyclic) bond motifs is 1. The Hall–Kier alpha value is -0.380. The molecule has 3 heteroatoms. The van der Waals surface area contributed by atoms with Gasteiger partial charge in [0.25, 0.3) is 0 Å². The molecule has 2 aliphatic rings. The zero-order valence-electron chi connectivity index (χ0n) is 10.8. The molecular formula is C14H25NO2. The van der Waals surface area contributed by atoms with Gasteiger partial charge in [0.05, 0.1) is 0 Å². The van der Waals surface area contributed by atoms with E-state index in [4.69, 9.17) is 0 Å². The molecule has 17 heavy (non-hydrogen) atoms. The summed E-state index contributed by atoms with van der Waals surface area (Å²) in [6.07, 6.45) is 9.93. The number of unbranched alkanes of at least 4 members (excludes halogenated alkanes) is 2. The maximum absolute atomic E-state index is 10.1. The second-order valence-corrected chi connectivity index (χ2v) is 5.58. The van der Waals surface area contributed by atoms with Crippen LogP contribution in [-0.2, 0) is 0 Å². The lowest BCUT2D eigenvalue weighted by molar-refractivity contribution is -0.0232. The van der Waals surface area contributed by atoms with Gasteiger partial charge in [-0.15, -0.1) is 0 Å². The number of hydrogen-bond donors (Lipinski definition) is 3. The van der Waals surface area contributed by atoms with E-state index in [0.717, 1.165) is 31.3 Å². The van der Waals surface area contributed by atoms with Crippen molar-refractivity contribution < 1.29 is 10.2 Å². The highest BCUT2D eigenvalue weighted by atomic mass is 16.3. The van der Waals surface area contributed by atoms with Crippen LogP contribution in [0.25, 0.3) is 0 Å². The highest BCUT2D eigenvalue weighted by molar-refractivity contribution is 5.24. The van der Waals surface area contributed by atoms with Gasteiger partial charge in [0, 0.05) is 0 Å². The first-order chi connectivity index (χ1) is 8.18. The first-order valence-corrected chi connectivity index (χ1v) is 7.01. The minimum atomic E-state index is -0.638. The van der Waals surface area contributed by atoms with Crippen LogP contribution in [0, 0.1) is 5.41 Å². The van der Waals surface area contributed by atoms with Gasteiger partial charge in [-0.3, -0.25) is 5.32 Å². The monoisotopic (exact) mass is 239 g/mol. The highest BCUT2D eigenvalue weighted by Crippen LogP contribution is 2.48. The van der Waals surface area contributed by atoms with Crippen molar-refractivity contribution >= 4 is 0 Å². The van der Waals surface area contributed by atoms with Crippen LogP contribution in [0.15, 0.2) is 11.6 Å². The molecule has 1 aliphatic carbocycles. The van der Waals surface area contributed by atoms with Crippen molar-refractivity contribution in [1.82, 2.24) is 5.32 Å². The first-order valence-electron chi connectivity index (χ1n) is 7.01. The molecule has 0 bridgehead atoms. The number of nitrogens with one attached hydrogen (secondary N) is 1. The lowest BCUT2D eigenvalue weighted by Gasteiger charge is -2.47. The number of aliphatic hydroxyl groups is 2. The van der Waals surface area contributed by atoms with Crippen molar-refractivity contribution in [2.45, 2.75) is 70.7 Å². The van der Waals surface area contributed by atoms with Crippen molar-refractivity contribution in [2.75, 3.05) is 0 Å². The minimum absolute atomic E-state index is 0.0670. The third-order valence-corrected chi connectivity index (χ3v) is 4.32. The minimum Gasteiger partial charge on any atom is -0.378 e. The van der Waals surface area contributed by atoms with Crippen LogP contribution in [0.1, 0.15) is 58.3 Å². The predicted molar refractivity (Wildman–Crippen MR) is 68.3 cm³/mol. The fourth-order valence-corrected chi connectivity index (χ4v) is 3.47. The van der Waals surface area contributed by atoms with Gasteiger partial charge in [-0.1, -0.05) is 32.3 Å². The van der Waals surface area contributed by atoms with E-state index in [1.165, 1.54) is 25.7 Å². The average molecular weight is 239 g/mol. The van der Waals surface area contributed by atoms with Crippen molar-refractivity contribution in [3.05, 3.63) is 11.6 Å². The zero-order valence-corrected chi connectivity index (χ0v) is 10.8. The molecule has 3 nitrogen and oxygen atoms in total. The smallest absolute Gasteiger partial charge is 0.129 e.